The van der Waals surface area contributed by atoms with Crippen LogP contribution in [0.25, 0.3) is 0 Å². The van der Waals surface area contributed by atoms with Crippen LogP contribution < -0.4 is 16.4 Å². The highest BCUT2D eigenvalue weighted by atomic mass is 16.1. The molecule has 0 fully saturated rings. The summed E-state index contributed by atoms with van der Waals surface area (Å²) >= 11 is 0. The van der Waals surface area contributed by atoms with Gasteiger partial charge in [-0.05, 0) is 17.7 Å². The minimum atomic E-state index is -0.0142. The van der Waals surface area contributed by atoms with E-state index in [4.69, 9.17) is 5.73 Å². The molecule has 5 N–H and O–H groups in total. The van der Waals surface area contributed by atoms with E-state index in [-0.39, 0.29) is 5.91 Å². The molecule has 3 rings (SSSR count). The minimum absolute atomic E-state index is 0.0142. The number of fused-ring (bicyclic) bond motifs is 1. The predicted molar refractivity (Wildman–Crippen MR) is 64.7 cm³/mol. The number of anilines is 3. The van der Waals surface area contributed by atoms with E-state index < -0.39 is 0 Å². The molecule has 0 radical (unpaired) electrons. The zero-order chi connectivity index (χ0) is 12.5. The van der Waals surface area contributed by atoms with Crippen LogP contribution in [0.15, 0.2) is 12.1 Å². The van der Waals surface area contributed by atoms with Crippen LogP contribution in [-0.4, -0.2) is 26.5 Å². The van der Waals surface area contributed by atoms with Gasteiger partial charge in [-0.25, -0.2) is 0 Å². The number of benzene rings is 1. The molecule has 8 nitrogen and oxygen atoms in total. The molecule has 0 atom stereocenters. The van der Waals surface area contributed by atoms with E-state index in [9.17, 15) is 4.79 Å². The molecule has 2 heterocycles. The van der Waals surface area contributed by atoms with E-state index in [1.54, 1.807) is 6.07 Å². The fourth-order valence-corrected chi connectivity index (χ4v) is 1.88. The topological polar surface area (TPSA) is 122 Å². The summed E-state index contributed by atoms with van der Waals surface area (Å²) in [5.74, 6) is 0.527. The number of nitrogens with one attached hydrogen (secondary N) is 3. The van der Waals surface area contributed by atoms with Gasteiger partial charge < -0.3 is 16.4 Å². The van der Waals surface area contributed by atoms with Gasteiger partial charge in [0, 0.05) is 5.69 Å². The largest absolute Gasteiger partial charge is 0.397 e. The molecule has 92 valence electrons. The summed E-state index contributed by atoms with van der Waals surface area (Å²) in [6, 6.07) is 3.61. The van der Waals surface area contributed by atoms with Crippen molar-refractivity contribution in [2.24, 2.45) is 0 Å². The number of carbonyl (C=O) groups excluding carboxylic acids is 1. The van der Waals surface area contributed by atoms with Crippen molar-refractivity contribution in [3.63, 3.8) is 0 Å². The summed E-state index contributed by atoms with van der Waals surface area (Å²) in [5.41, 5.74) is 8.96. The monoisotopic (exact) mass is 245 g/mol. The number of nitrogens with zero attached hydrogens (tertiary/aromatic N) is 3. The predicted octanol–water partition coefficient (Wildman–Crippen LogP) is -0.111. The van der Waals surface area contributed by atoms with Gasteiger partial charge in [-0.1, -0.05) is 5.21 Å². The van der Waals surface area contributed by atoms with Crippen LogP contribution in [0.2, 0.25) is 0 Å². The van der Waals surface area contributed by atoms with Crippen molar-refractivity contribution in [1.29, 1.82) is 0 Å². The van der Waals surface area contributed by atoms with Gasteiger partial charge in [-0.15, -0.1) is 10.2 Å². The Morgan fingerprint density at radius 1 is 1.44 bits per heavy atom. The number of tetrazole rings is 1. The molecular weight excluding hydrogens is 234 g/mol. The van der Waals surface area contributed by atoms with Gasteiger partial charge in [-0.3, -0.25) is 4.79 Å². The summed E-state index contributed by atoms with van der Waals surface area (Å²) in [4.78, 5) is 11.3. The molecule has 0 spiro atoms. The Morgan fingerprint density at radius 3 is 3.11 bits per heavy atom. The summed E-state index contributed by atoms with van der Waals surface area (Å²) in [6.07, 6.45) is 0.380. The van der Waals surface area contributed by atoms with Crippen molar-refractivity contribution in [3.8, 4) is 0 Å². The third-order valence-electron chi connectivity index (χ3n) is 2.73. The van der Waals surface area contributed by atoms with Crippen molar-refractivity contribution in [1.82, 2.24) is 20.6 Å². The molecule has 1 aromatic heterocycles. The van der Waals surface area contributed by atoms with Crippen molar-refractivity contribution in [3.05, 3.63) is 23.5 Å². The summed E-state index contributed by atoms with van der Waals surface area (Å²) in [6.45, 7) is 0.410. The van der Waals surface area contributed by atoms with Gasteiger partial charge in [0.05, 0.1) is 24.3 Å². The van der Waals surface area contributed by atoms with Crippen LogP contribution >= 0.6 is 0 Å². The second kappa shape index (κ2) is 3.99. The molecule has 1 aromatic carbocycles. The Morgan fingerprint density at radius 2 is 2.33 bits per heavy atom. The van der Waals surface area contributed by atoms with Crippen LogP contribution in [0.5, 0.6) is 0 Å². The molecule has 1 aliphatic heterocycles. The van der Waals surface area contributed by atoms with Gasteiger partial charge in [0.1, 0.15) is 0 Å². The van der Waals surface area contributed by atoms with Gasteiger partial charge >= 0.3 is 0 Å². The van der Waals surface area contributed by atoms with Crippen LogP contribution in [0.3, 0.4) is 0 Å². The van der Waals surface area contributed by atoms with Crippen molar-refractivity contribution < 1.29 is 4.79 Å². The Balaban J connectivity index is 1.80. The summed E-state index contributed by atoms with van der Waals surface area (Å²) < 4.78 is 0. The summed E-state index contributed by atoms with van der Waals surface area (Å²) in [5, 5.41) is 19.4. The number of aromatic amines is 1. The highest BCUT2D eigenvalue weighted by molar-refractivity contribution is 6.00. The second-order valence-electron chi connectivity index (χ2n) is 4.00. The molecule has 18 heavy (non-hydrogen) atoms. The summed E-state index contributed by atoms with van der Waals surface area (Å²) in [7, 11) is 0. The lowest BCUT2D eigenvalue weighted by Gasteiger charge is -2.09. The fourth-order valence-electron chi connectivity index (χ4n) is 1.88. The number of aromatic nitrogens is 4. The lowest BCUT2D eigenvalue weighted by atomic mass is 10.1. The quantitative estimate of drug-likeness (QED) is 0.560. The first kappa shape index (κ1) is 10.5. The van der Waals surface area contributed by atoms with Crippen molar-refractivity contribution in [2.45, 2.75) is 13.0 Å². The van der Waals surface area contributed by atoms with E-state index in [2.05, 4.69) is 31.3 Å². The van der Waals surface area contributed by atoms with Crippen molar-refractivity contribution in [2.75, 3.05) is 16.4 Å². The van der Waals surface area contributed by atoms with Gasteiger partial charge in [0.2, 0.25) is 5.91 Å². The van der Waals surface area contributed by atoms with E-state index in [0.717, 1.165) is 16.9 Å². The zero-order valence-electron chi connectivity index (χ0n) is 9.40. The minimum Gasteiger partial charge on any atom is -0.397 e. The number of carbonyl (C=O) groups is 1. The van der Waals surface area contributed by atoms with Gasteiger partial charge in [0.25, 0.3) is 0 Å². The maximum absolute atomic E-state index is 11.3. The Hall–Kier alpha value is -2.64. The number of hydrogen-bond acceptors (Lipinski definition) is 6. The molecule has 0 unspecified atom stereocenters. The normalized spacial score (nSPS) is 13.2. The molecule has 0 aliphatic carbocycles. The van der Waals surface area contributed by atoms with Crippen LogP contribution in [0, 0.1) is 0 Å². The third kappa shape index (κ3) is 1.83. The number of H-pyrrole nitrogens is 1. The molecule has 1 aliphatic rings. The molecule has 8 heteroatoms. The van der Waals surface area contributed by atoms with Crippen LogP contribution in [0.1, 0.15) is 11.4 Å². The Bertz CT molecular complexity index is 593. The Kier molecular flexibility index (Phi) is 2.33. The lowest BCUT2D eigenvalue weighted by molar-refractivity contribution is -0.115. The van der Waals surface area contributed by atoms with E-state index in [0.29, 0.717) is 24.5 Å². The molecular formula is C10H11N7O. The molecule has 0 saturated heterocycles. The van der Waals surface area contributed by atoms with Crippen molar-refractivity contribution >= 4 is 23.0 Å². The van der Waals surface area contributed by atoms with Gasteiger partial charge in [-0.2, -0.15) is 5.21 Å². The number of nitrogens with two attached hydrogens (primary N) is 1. The molecule has 1 amide bonds. The first-order chi connectivity index (χ1) is 8.72. The van der Waals surface area contributed by atoms with Crippen LogP contribution in [0.4, 0.5) is 17.1 Å². The van der Waals surface area contributed by atoms with E-state index in [1.165, 1.54) is 0 Å². The number of nitrogen functional groups attached to an aromatic ring is 1. The standard InChI is InChI=1S/C10H11N7O/c11-6-1-5-2-10(18)13-7(5)3-8(6)12-4-9-14-16-17-15-9/h1,3,12H,2,4,11H2,(H,13,18)(H,14,15,16,17). The lowest BCUT2D eigenvalue weighted by Crippen LogP contribution is -2.05. The molecule has 0 bridgehead atoms. The zero-order valence-corrected chi connectivity index (χ0v) is 9.40. The Labute approximate surface area is 102 Å². The highest BCUT2D eigenvalue weighted by Gasteiger charge is 2.19. The molecule has 2 aromatic rings. The van der Waals surface area contributed by atoms with E-state index >= 15 is 0 Å². The maximum atomic E-state index is 11.3. The maximum Gasteiger partial charge on any atom is 0.228 e. The number of amides is 1. The third-order valence-corrected chi connectivity index (χ3v) is 2.73. The average Bonchev–Trinajstić information content (AvgIpc) is 2.94. The smallest absolute Gasteiger partial charge is 0.228 e. The fraction of sp³-hybridized carbons (Fsp3) is 0.200. The highest BCUT2D eigenvalue weighted by Crippen LogP contribution is 2.31. The van der Waals surface area contributed by atoms with Gasteiger partial charge in [0.15, 0.2) is 5.82 Å². The second-order valence-corrected chi connectivity index (χ2v) is 4.00. The first-order valence-corrected chi connectivity index (χ1v) is 5.41. The molecule has 0 saturated carbocycles. The SMILES string of the molecule is Nc1cc2c(cc1NCc1nn[nH]n1)NC(=O)C2. The first-order valence-electron chi connectivity index (χ1n) is 5.41. The van der Waals surface area contributed by atoms with Crippen LogP contribution in [-0.2, 0) is 17.8 Å². The van der Waals surface area contributed by atoms with E-state index in [1.807, 2.05) is 6.07 Å². The average molecular weight is 245 g/mol. The number of hydrogen-bond donors (Lipinski definition) is 4. The number of rotatable bonds is 3.